The van der Waals surface area contributed by atoms with Gasteiger partial charge in [-0.3, -0.25) is 0 Å². The topological polar surface area (TPSA) is 77.8 Å². The van der Waals surface area contributed by atoms with Crippen LogP contribution < -0.4 is 0 Å². The SMILES string of the molecule is Cc1cccc(-c2nnc(-c3cccc(-c4nnc(-c5cccc(C)c5)o4)c3)o2)c1. The molecule has 0 aliphatic rings. The zero-order valence-electron chi connectivity index (χ0n) is 16.5. The smallest absolute Gasteiger partial charge is 0.248 e. The van der Waals surface area contributed by atoms with Crippen LogP contribution in [0.1, 0.15) is 11.1 Å². The van der Waals surface area contributed by atoms with Crippen molar-refractivity contribution in [3.8, 4) is 45.8 Å². The first kappa shape index (κ1) is 18.0. The van der Waals surface area contributed by atoms with E-state index >= 15 is 0 Å². The zero-order valence-corrected chi connectivity index (χ0v) is 16.5. The summed E-state index contributed by atoms with van der Waals surface area (Å²) in [5.74, 6) is 1.84. The minimum Gasteiger partial charge on any atom is -0.416 e. The maximum absolute atomic E-state index is 5.90. The lowest BCUT2D eigenvalue weighted by molar-refractivity contribution is 0.582. The molecule has 0 bridgehead atoms. The van der Waals surface area contributed by atoms with Crippen LogP contribution in [0.2, 0.25) is 0 Å². The molecule has 0 unspecified atom stereocenters. The molecule has 0 N–H and O–H groups in total. The lowest BCUT2D eigenvalue weighted by Gasteiger charge is -1.99. The maximum atomic E-state index is 5.90. The third-order valence-electron chi connectivity index (χ3n) is 4.74. The average Bonchev–Trinajstić information content (AvgIpc) is 3.44. The van der Waals surface area contributed by atoms with Crippen molar-refractivity contribution in [3.05, 3.63) is 83.9 Å². The molecule has 5 aromatic rings. The van der Waals surface area contributed by atoms with Crippen LogP contribution in [0.25, 0.3) is 45.8 Å². The van der Waals surface area contributed by atoms with Crippen LogP contribution in [-0.4, -0.2) is 20.4 Å². The lowest BCUT2D eigenvalue weighted by Crippen LogP contribution is -1.82. The van der Waals surface area contributed by atoms with Crippen molar-refractivity contribution in [1.29, 1.82) is 0 Å². The standard InChI is InChI=1S/C24H18N4O2/c1-15-6-3-8-17(12-15)21-25-27-23(29-21)19-10-5-11-20(14-19)24-28-26-22(30-24)18-9-4-7-16(2)13-18/h3-14H,1-2H3. The summed E-state index contributed by atoms with van der Waals surface area (Å²) in [5.41, 5.74) is 5.63. The van der Waals surface area contributed by atoms with E-state index in [4.69, 9.17) is 8.83 Å². The van der Waals surface area contributed by atoms with Crippen molar-refractivity contribution < 1.29 is 8.83 Å². The summed E-state index contributed by atoms with van der Waals surface area (Å²) < 4.78 is 11.8. The van der Waals surface area contributed by atoms with E-state index < -0.39 is 0 Å². The summed E-state index contributed by atoms with van der Waals surface area (Å²) in [6.07, 6.45) is 0. The van der Waals surface area contributed by atoms with Gasteiger partial charge >= 0.3 is 0 Å². The third kappa shape index (κ3) is 3.51. The Bertz CT molecular complexity index is 1240. The molecule has 146 valence electrons. The van der Waals surface area contributed by atoms with Crippen LogP contribution in [-0.2, 0) is 0 Å². The van der Waals surface area contributed by atoms with Crippen LogP contribution in [0.3, 0.4) is 0 Å². The number of aryl methyl sites for hydroxylation is 2. The van der Waals surface area contributed by atoms with Gasteiger partial charge in [0.15, 0.2) is 0 Å². The van der Waals surface area contributed by atoms with Crippen molar-refractivity contribution in [3.63, 3.8) is 0 Å². The van der Waals surface area contributed by atoms with Crippen LogP contribution in [0.5, 0.6) is 0 Å². The Hall–Kier alpha value is -4.06. The molecule has 30 heavy (non-hydrogen) atoms. The Balaban J connectivity index is 1.46. The molecule has 3 aromatic carbocycles. The van der Waals surface area contributed by atoms with E-state index in [1.54, 1.807) is 0 Å². The van der Waals surface area contributed by atoms with Crippen LogP contribution >= 0.6 is 0 Å². The van der Waals surface area contributed by atoms with E-state index in [0.29, 0.717) is 23.6 Å². The summed E-state index contributed by atoms with van der Waals surface area (Å²) in [5, 5.41) is 16.8. The van der Waals surface area contributed by atoms with Gasteiger partial charge < -0.3 is 8.83 Å². The monoisotopic (exact) mass is 394 g/mol. The number of benzene rings is 3. The van der Waals surface area contributed by atoms with Crippen LogP contribution in [0, 0.1) is 13.8 Å². The fraction of sp³-hybridized carbons (Fsp3) is 0.0833. The average molecular weight is 394 g/mol. The lowest BCUT2D eigenvalue weighted by atomic mass is 10.1. The van der Waals surface area contributed by atoms with Gasteiger partial charge in [0, 0.05) is 22.3 Å². The minimum absolute atomic E-state index is 0.437. The van der Waals surface area contributed by atoms with Gasteiger partial charge in [-0.05, 0) is 56.3 Å². The van der Waals surface area contributed by atoms with Crippen molar-refractivity contribution in [1.82, 2.24) is 20.4 Å². The molecule has 0 spiro atoms. The first-order valence-electron chi connectivity index (χ1n) is 9.58. The van der Waals surface area contributed by atoms with Gasteiger partial charge in [-0.25, -0.2) is 0 Å². The molecule has 0 saturated heterocycles. The highest BCUT2D eigenvalue weighted by atomic mass is 16.4. The summed E-state index contributed by atoms with van der Waals surface area (Å²) in [6.45, 7) is 4.05. The molecule has 0 fully saturated rings. The predicted octanol–water partition coefficient (Wildman–Crippen LogP) is 5.74. The molecule has 0 aliphatic carbocycles. The van der Waals surface area contributed by atoms with Crippen molar-refractivity contribution in [2.75, 3.05) is 0 Å². The Kier molecular flexibility index (Phi) is 4.44. The Morgan fingerprint density at radius 1 is 0.467 bits per heavy atom. The number of aromatic nitrogens is 4. The van der Waals surface area contributed by atoms with Crippen molar-refractivity contribution in [2.24, 2.45) is 0 Å². The molecule has 0 aliphatic heterocycles. The second kappa shape index (κ2) is 7.40. The van der Waals surface area contributed by atoms with E-state index in [-0.39, 0.29) is 0 Å². The summed E-state index contributed by atoms with van der Waals surface area (Å²) in [7, 11) is 0. The van der Waals surface area contributed by atoms with Gasteiger partial charge in [0.2, 0.25) is 23.6 Å². The van der Waals surface area contributed by atoms with E-state index in [2.05, 4.69) is 20.4 Å². The third-order valence-corrected chi connectivity index (χ3v) is 4.74. The maximum Gasteiger partial charge on any atom is 0.248 e. The Labute approximate surface area is 173 Å². The van der Waals surface area contributed by atoms with E-state index in [1.165, 1.54) is 0 Å². The minimum atomic E-state index is 0.437. The summed E-state index contributed by atoms with van der Waals surface area (Å²) in [4.78, 5) is 0. The highest BCUT2D eigenvalue weighted by Gasteiger charge is 2.14. The largest absolute Gasteiger partial charge is 0.416 e. The summed E-state index contributed by atoms with van der Waals surface area (Å²) in [6, 6.07) is 23.5. The highest BCUT2D eigenvalue weighted by molar-refractivity contribution is 5.66. The predicted molar refractivity (Wildman–Crippen MR) is 113 cm³/mol. The Morgan fingerprint density at radius 3 is 1.17 bits per heavy atom. The van der Waals surface area contributed by atoms with Gasteiger partial charge in [-0.1, -0.05) is 41.5 Å². The molecule has 0 atom stereocenters. The van der Waals surface area contributed by atoms with Gasteiger partial charge in [-0.15, -0.1) is 20.4 Å². The molecule has 2 heterocycles. The molecular weight excluding hydrogens is 376 g/mol. The molecule has 6 heteroatoms. The van der Waals surface area contributed by atoms with E-state index in [9.17, 15) is 0 Å². The normalized spacial score (nSPS) is 11.0. The van der Waals surface area contributed by atoms with Gasteiger partial charge in [0.1, 0.15) is 0 Å². The number of nitrogens with zero attached hydrogens (tertiary/aromatic N) is 4. The van der Waals surface area contributed by atoms with Crippen molar-refractivity contribution in [2.45, 2.75) is 13.8 Å². The number of rotatable bonds is 4. The fourth-order valence-corrected chi connectivity index (χ4v) is 3.25. The van der Waals surface area contributed by atoms with Crippen LogP contribution in [0.15, 0.2) is 81.6 Å². The second-order valence-electron chi connectivity index (χ2n) is 7.14. The van der Waals surface area contributed by atoms with Crippen LogP contribution in [0.4, 0.5) is 0 Å². The zero-order chi connectivity index (χ0) is 20.5. The van der Waals surface area contributed by atoms with E-state index in [0.717, 1.165) is 33.4 Å². The quantitative estimate of drug-likeness (QED) is 0.387. The fourth-order valence-electron chi connectivity index (χ4n) is 3.25. The van der Waals surface area contributed by atoms with E-state index in [1.807, 2.05) is 86.6 Å². The molecule has 2 aromatic heterocycles. The molecule has 5 rings (SSSR count). The van der Waals surface area contributed by atoms with Gasteiger partial charge in [0.25, 0.3) is 0 Å². The first-order valence-corrected chi connectivity index (χ1v) is 9.58. The first-order chi connectivity index (χ1) is 14.7. The molecule has 0 saturated carbocycles. The number of hydrogen-bond acceptors (Lipinski definition) is 6. The molecule has 0 amide bonds. The second-order valence-corrected chi connectivity index (χ2v) is 7.14. The molecule has 6 nitrogen and oxygen atoms in total. The molecular formula is C24H18N4O2. The van der Waals surface area contributed by atoms with Crippen molar-refractivity contribution >= 4 is 0 Å². The van der Waals surface area contributed by atoms with Gasteiger partial charge in [-0.2, -0.15) is 0 Å². The number of hydrogen-bond donors (Lipinski definition) is 0. The van der Waals surface area contributed by atoms with Gasteiger partial charge in [0.05, 0.1) is 0 Å². The Morgan fingerprint density at radius 2 is 0.800 bits per heavy atom. The highest BCUT2D eigenvalue weighted by Crippen LogP contribution is 2.29. The molecule has 0 radical (unpaired) electrons. The summed E-state index contributed by atoms with van der Waals surface area (Å²) >= 11 is 0.